The molecule has 0 saturated heterocycles. The Labute approximate surface area is 105 Å². The van der Waals surface area contributed by atoms with Crippen molar-refractivity contribution in [3.05, 3.63) is 35.1 Å². The summed E-state index contributed by atoms with van der Waals surface area (Å²) < 4.78 is 18.6. The Hall–Kier alpha value is -1.93. The largest absolute Gasteiger partial charge is 0.369 e. The Kier molecular flexibility index (Phi) is 5.28. The molecule has 1 rings (SSSR count). The van der Waals surface area contributed by atoms with Crippen LogP contribution in [0.5, 0.6) is 0 Å². The van der Waals surface area contributed by atoms with E-state index < -0.39 is 5.82 Å². The van der Waals surface area contributed by atoms with Crippen LogP contribution in [0.2, 0.25) is 0 Å². The summed E-state index contributed by atoms with van der Waals surface area (Å²) in [5.74, 6) is -0.799. The maximum absolute atomic E-state index is 13.5. The Bertz CT molecular complexity index is 467. The molecule has 1 N–H and O–H groups in total. The molecule has 0 fully saturated rings. The van der Waals surface area contributed by atoms with Crippen LogP contribution in [0.25, 0.3) is 0 Å². The zero-order chi connectivity index (χ0) is 13.5. The van der Waals surface area contributed by atoms with Crippen molar-refractivity contribution in [3.63, 3.8) is 0 Å². The molecule has 5 heteroatoms. The molecule has 1 aromatic carbocycles. The molecule has 0 atom stereocenters. The van der Waals surface area contributed by atoms with Gasteiger partial charge in [-0.3, -0.25) is 4.79 Å². The number of nitrogens with one attached hydrogen (secondary N) is 1. The molecular weight excluding hydrogens is 235 g/mol. The molecule has 0 heterocycles. The molecule has 18 heavy (non-hydrogen) atoms. The summed E-state index contributed by atoms with van der Waals surface area (Å²) in [7, 11) is 0. The molecule has 0 saturated carbocycles. The number of benzene rings is 1. The summed E-state index contributed by atoms with van der Waals surface area (Å²) in [5.41, 5.74) is 0.595. The number of nitrogens with zero attached hydrogens (tertiary/aromatic N) is 1. The number of hydrogen-bond acceptors (Lipinski definition) is 3. The minimum atomic E-state index is -0.501. The van der Waals surface area contributed by atoms with Gasteiger partial charge in [0.1, 0.15) is 12.4 Å². The monoisotopic (exact) mass is 250 g/mol. The van der Waals surface area contributed by atoms with Crippen molar-refractivity contribution in [2.75, 3.05) is 6.61 Å². The van der Waals surface area contributed by atoms with Crippen molar-refractivity contribution in [3.8, 4) is 6.07 Å². The Balaban J connectivity index is 2.49. The molecule has 0 spiro atoms. The van der Waals surface area contributed by atoms with Crippen LogP contribution in [0.15, 0.2) is 18.2 Å². The zero-order valence-electron chi connectivity index (χ0n) is 10.4. The molecule has 0 unspecified atom stereocenters. The standard InChI is InChI=1S/C13H15FN2O2/c1-9(2)18-8-13(17)16-7-11-4-3-10(6-15)5-12(11)14/h3-5,9H,7-8H2,1-2H3,(H,16,17). The fourth-order valence-corrected chi connectivity index (χ4v) is 1.25. The second kappa shape index (κ2) is 6.72. The van der Waals surface area contributed by atoms with Gasteiger partial charge in [0.2, 0.25) is 5.91 Å². The van der Waals surface area contributed by atoms with Crippen LogP contribution in [0.1, 0.15) is 25.0 Å². The van der Waals surface area contributed by atoms with E-state index >= 15 is 0 Å². The van der Waals surface area contributed by atoms with Crippen molar-refractivity contribution in [1.29, 1.82) is 5.26 Å². The zero-order valence-corrected chi connectivity index (χ0v) is 10.4. The summed E-state index contributed by atoms with van der Waals surface area (Å²) >= 11 is 0. The first kappa shape index (κ1) is 14.1. The van der Waals surface area contributed by atoms with Gasteiger partial charge in [0.05, 0.1) is 17.7 Å². The van der Waals surface area contributed by atoms with Gasteiger partial charge < -0.3 is 10.1 Å². The molecule has 0 aliphatic heterocycles. The van der Waals surface area contributed by atoms with Gasteiger partial charge in [-0.25, -0.2) is 4.39 Å². The van der Waals surface area contributed by atoms with E-state index in [0.717, 1.165) is 6.07 Å². The van der Waals surface area contributed by atoms with Gasteiger partial charge in [-0.05, 0) is 26.0 Å². The highest BCUT2D eigenvalue weighted by atomic mass is 19.1. The van der Waals surface area contributed by atoms with Gasteiger partial charge in [-0.1, -0.05) is 6.07 Å². The van der Waals surface area contributed by atoms with Crippen LogP contribution in [0.3, 0.4) is 0 Å². The van der Waals surface area contributed by atoms with E-state index in [-0.39, 0.29) is 30.7 Å². The van der Waals surface area contributed by atoms with E-state index in [9.17, 15) is 9.18 Å². The lowest BCUT2D eigenvalue weighted by molar-refractivity contribution is -0.127. The topological polar surface area (TPSA) is 62.1 Å². The van der Waals surface area contributed by atoms with Crippen molar-refractivity contribution < 1.29 is 13.9 Å². The summed E-state index contributed by atoms with van der Waals surface area (Å²) in [6.45, 7) is 3.69. The van der Waals surface area contributed by atoms with Gasteiger partial charge in [0.25, 0.3) is 0 Å². The molecule has 4 nitrogen and oxygen atoms in total. The number of nitriles is 1. The first-order chi connectivity index (χ1) is 8.52. The van der Waals surface area contributed by atoms with Crippen molar-refractivity contribution in [2.45, 2.75) is 26.5 Å². The first-order valence-corrected chi connectivity index (χ1v) is 5.59. The number of carbonyl (C=O) groups is 1. The highest BCUT2D eigenvalue weighted by molar-refractivity contribution is 5.77. The predicted molar refractivity (Wildman–Crippen MR) is 64.0 cm³/mol. The van der Waals surface area contributed by atoms with Crippen LogP contribution in [0, 0.1) is 17.1 Å². The molecule has 96 valence electrons. The lowest BCUT2D eigenvalue weighted by atomic mass is 10.1. The number of halogens is 1. The van der Waals surface area contributed by atoms with E-state index in [0.29, 0.717) is 5.56 Å². The summed E-state index contributed by atoms with van der Waals surface area (Å²) in [6.07, 6.45) is -0.0256. The number of carbonyl (C=O) groups excluding carboxylic acids is 1. The Morgan fingerprint density at radius 2 is 2.28 bits per heavy atom. The minimum absolute atomic E-state index is 0.0256. The van der Waals surface area contributed by atoms with Gasteiger partial charge in [0, 0.05) is 12.1 Å². The van der Waals surface area contributed by atoms with Gasteiger partial charge in [-0.15, -0.1) is 0 Å². The summed E-state index contributed by atoms with van der Waals surface area (Å²) in [6, 6.07) is 5.98. The van der Waals surface area contributed by atoms with Crippen LogP contribution in [-0.2, 0) is 16.1 Å². The lowest BCUT2D eigenvalue weighted by Crippen LogP contribution is -2.28. The number of rotatable bonds is 5. The third-order valence-corrected chi connectivity index (χ3v) is 2.21. The molecule has 0 aliphatic carbocycles. The van der Waals surface area contributed by atoms with Crippen molar-refractivity contribution >= 4 is 5.91 Å². The van der Waals surface area contributed by atoms with E-state index in [1.165, 1.54) is 12.1 Å². The smallest absolute Gasteiger partial charge is 0.246 e. The highest BCUT2D eigenvalue weighted by Gasteiger charge is 2.06. The highest BCUT2D eigenvalue weighted by Crippen LogP contribution is 2.09. The number of amides is 1. The van der Waals surface area contributed by atoms with Gasteiger partial charge in [0.15, 0.2) is 0 Å². The summed E-state index contributed by atoms with van der Waals surface area (Å²) in [5, 5.41) is 11.1. The quantitative estimate of drug-likeness (QED) is 0.865. The van der Waals surface area contributed by atoms with E-state index in [2.05, 4.69) is 5.32 Å². The molecule has 0 aromatic heterocycles. The number of hydrogen-bond donors (Lipinski definition) is 1. The van der Waals surface area contributed by atoms with Crippen molar-refractivity contribution in [2.24, 2.45) is 0 Å². The molecule has 0 aliphatic rings. The average molecular weight is 250 g/mol. The first-order valence-electron chi connectivity index (χ1n) is 5.59. The van der Waals surface area contributed by atoms with Crippen molar-refractivity contribution in [1.82, 2.24) is 5.32 Å². The van der Waals surface area contributed by atoms with E-state index in [4.69, 9.17) is 10.00 Å². The van der Waals surface area contributed by atoms with E-state index in [1.54, 1.807) is 0 Å². The Morgan fingerprint density at radius 1 is 1.56 bits per heavy atom. The van der Waals surface area contributed by atoms with Gasteiger partial charge in [-0.2, -0.15) is 5.26 Å². The molecular formula is C13H15FN2O2. The minimum Gasteiger partial charge on any atom is -0.369 e. The third kappa shape index (κ3) is 4.52. The van der Waals surface area contributed by atoms with Crippen LogP contribution >= 0.6 is 0 Å². The third-order valence-electron chi connectivity index (χ3n) is 2.21. The maximum atomic E-state index is 13.5. The molecule has 0 radical (unpaired) electrons. The fraction of sp³-hybridized carbons (Fsp3) is 0.385. The van der Waals surface area contributed by atoms with E-state index in [1.807, 2.05) is 19.9 Å². The number of ether oxygens (including phenoxy) is 1. The predicted octanol–water partition coefficient (Wildman–Crippen LogP) is 1.74. The molecule has 0 bridgehead atoms. The second-order valence-electron chi connectivity index (χ2n) is 4.05. The van der Waals surface area contributed by atoms with Crippen LogP contribution < -0.4 is 5.32 Å². The SMILES string of the molecule is CC(C)OCC(=O)NCc1ccc(C#N)cc1F. The molecule has 1 aromatic rings. The average Bonchev–Trinajstić information content (AvgIpc) is 2.34. The fourth-order valence-electron chi connectivity index (χ4n) is 1.25. The second-order valence-corrected chi connectivity index (χ2v) is 4.05. The molecule has 1 amide bonds. The Morgan fingerprint density at radius 3 is 2.83 bits per heavy atom. The maximum Gasteiger partial charge on any atom is 0.246 e. The lowest BCUT2D eigenvalue weighted by Gasteiger charge is -2.09. The normalized spacial score (nSPS) is 10.2. The van der Waals surface area contributed by atoms with Crippen LogP contribution in [0.4, 0.5) is 4.39 Å². The van der Waals surface area contributed by atoms with Crippen LogP contribution in [-0.4, -0.2) is 18.6 Å². The summed E-state index contributed by atoms with van der Waals surface area (Å²) in [4.78, 5) is 11.3. The van der Waals surface area contributed by atoms with Gasteiger partial charge >= 0.3 is 0 Å².